The van der Waals surface area contributed by atoms with Crippen LogP contribution in [0.3, 0.4) is 0 Å². The number of nitrogens with one attached hydrogen (secondary N) is 3. The first-order chi connectivity index (χ1) is 8.66. The largest absolute Gasteiger partial charge is 0.331 e. The maximum atomic E-state index is 13.3. The standard InChI is InChI=1S/C12H13FN4O/c1-8(9-6-14-15-7-9)16-12(18)17-11-5-3-2-4-10(11)13/h2-8H,1H3,(H,14,15)(H2,16,17,18). The summed E-state index contributed by atoms with van der Waals surface area (Å²) in [5.41, 5.74) is 0.994. The number of benzene rings is 1. The molecule has 0 bridgehead atoms. The van der Waals surface area contributed by atoms with E-state index in [0.29, 0.717) is 0 Å². The first-order valence-electron chi connectivity index (χ1n) is 5.47. The molecule has 0 aliphatic rings. The van der Waals surface area contributed by atoms with E-state index in [1.165, 1.54) is 12.1 Å². The molecule has 1 heterocycles. The molecule has 2 amide bonds. The molecule has 0 radical (unpaired) electrons. The van der Waals surface area contributed by atoms with E-state index < -0.39 is 11.8 Å². The zero-order valence-corrected chi connectivity index (χ0v) is 9.77. The van der Waals surface area contributed by atoms with Crippen LogP contribution in [0.2, 0.25) is 0 Å². The number of carbonyl (C=O) groups excluding carboxylic acids is 1. The molecule has 1 aromatic heterocycles. The maximum absolute atomic E-state index is 13.3. The minimum Gasteiger partial charge on any atom is -0.331 e. The van der Waals surface area contributed by atoms with Crippen LogP contribution in [-0.2, 0) is 0 Å². The van der Waals surface area contributed by atoms with Crippen molar-refractivity contribution in [2.75, 3.05) is 5.32 Å². The Morgan fingerprint density at radius 3 is 2.89 bits per heavy atom. The summed E-state index contributed by atoms with van der Waals surface area (Å²) in [5, 5.41) is 11.6. The molecule has 1 atom stereocenters. The van der Waals surface area contributed by atoms with E-state index >= 15 is 0 Å². The van der Waals surface area contributed by atoms with Crippen LogP contribution in [0.15, 0.2) is 36.7 Å². The van der Waals surface area contributed by atoms with Crippen molar-refractivity contribution in [1.29, 1.82) is 0 Å². The molecular formula is C12H13FN4O. The number of nitrogens with zero attached hydrogens (tertiary/aromatic N) is 1. The summed E-state index contributed by atoms with van der Waals surface area (Å²) in [5.74, 6) is -0.469. The summed E-state index contributed by atoms with van der Waals surface area (Å²) in [7, 11) is 0. The van der Waals surface area contributed by atoms with Crippen molar-refractivity contribution in [3.63, 3.8) is 0 Å². The molecule has 0 saturated heterocycles. The second-order valence-corrected chi connectivity index (χ2v) is 3.83. The third-order valence-electron chi connectivity index (χ3n) is 2.49. The summed E-state index contributed by atoms with van der Waals surface area (Å²) in [6.07, 6.45) is 3.31. The number of rotatable bonds is 3. The van der Waals surface area contributed by atoms with Gasteiger partial charge in [-0.15, -0.1) is 0 Å². The van der Waals surface area contributed by atoms with Crippen LogP contribution in [0.1, 0.15) is 18.5 Å². The molecule has 94 valence electrons. The van der Waals surface area contributed by atoms with Crippen molar-refractivity contribution < 1.29 is 9.18 Å². The van der Waals surface area contributed by atoms with Gasteiger partial charge in [0.05, 0.1) is 17.9 Å². The van der Waals surface area contributed by atoms with Crippen LogP contribution in [0.25, 0.3) is 0 Å². The van der Waals surface area contributed by atoms with Gasteiger partial charge in [0, 0.05) is 11.8 Å². The lowest BCUT2D eigenvalue weighted by Crippen LogP contribution is -2.31. The topological polar surface area (TPSA) is 69.8 Å². The molecule has 5 nitrogen and oxygen atoms in total. The molecule has 2 aromatic rings. The normalized spacial score (nSPS) is 11.9. The van der Waals surface area contributed by atoms with E-state index in [-0.39, 0.29) is 11.7 Å². The summed E-state index contributed by atoms with van der Waals surface area (Å²) >= 11 is 0. The fourth-order valence-corrected chi connectivity index (χ4v) is 1.50. The number of aromatic nitrogens is 2. The van der Waals surface area contributed by atoms with E-state index in [0.717, 1.165) is 5.56 Å². The second kappa shape index (κ2) is 5.31. The molecule has 1 unspecified atom stereocenters. The molecule has 0 fully saturated rings. The van der Waals surface area contributed by atoms with Crippen LogP contribution in [0, 0.1) is 5.82 Å². The number of halogens is 1. The van der Waals surface area contributed by atoms with Gasteiger partial charge in [0.1, 0.15) is 5.82 Å². The zero-order valence-electron chi connectivity index (χ0n) is 9.77. The van der Waals surface area contributed by atoms with Gasteiger partial charge in [0.2, 0.25) is 0 Å². The Labute approximate surface area is 103 Å². The van der Waals surface area contributed by atoms with Crippen molar-refractivity contribution in [3.05, 3.63) is 48.0 Å². The van der Waals surface area contributed by atoms with Crippen LogP contribution < -0.4 is 10.6 Å². The highest BCUT2D eigenvalue weighted by Gasteiger charge is 2.11. The number of para-hydroxylation sites is 1. The number of urea groups is 1. The van der Waals surface area contributed by atoms with Crippen LogP contribution >= 0.6 is 0 Å². The third-order valence-corrected chi connectivity index (χ3v) is 2.49. The summed E-state index contributed by atoms with van der Waals surface area (Å²) in [4.78, 5) is 11.7. The summed E-state index contributed by atoms with van der Waals surface area (Å²) in [6, 6.07) is 5.32. The minimum atomic E-state index is -0.469. The van der Waals surface area contributed by atoms with Gasteiger partial charge in [0.15, 0.2) is 0 Å². The fourth-order valence-electron chi connectivity index (χ4n) is 1.50. The molecule has 3 N–H and O–H groups in total. The van der Waals surface area contributed by atoms with Crippen LogP contribution in [-0.4, -0.2) is 16.2 Å². The third kappa shape index (κ3) is 2.85. The number of aromatic amines is 1. The average molecular weight is 248 g/mol. The Hall–Kier alpha value is -2.37. The number of H-pyrrole nitrogens is 1. The number of carbonyl (C=O) groups is 1. The summed E-state index contributed by atoms with van der Waals surface area (Å²) < 4.78 is 13.3. The van der Waals surface area contributed by atoms with Gasteiger partial charge in [0.25, 0.3) is 0 Å². The van der Waals surface area contributed by atoms with Crippen molar-refractivity contribution in [3.8, 4) is 0 Å². The number of hydrogen-bond donors (Lipinski definition) is 3. The Morgan fingerprint density at radius 2 is 2.22 bits per heavy atom. The van der Waals surface area contributed by atoms with Gasteiger partial charge in [-0.3, -0.25) is 5.10 Å². The van der Waals surface area contributed by atoms with E-state index in [4.69, 9.17) is 0 Å². The molecule has 0 spiro atoms. The number of hydrogen-bond acceptors (Lipinski definition) is 2. The predicted molar refractivity (Wildman–Crippen MR) is 65.6 cm³/mol. The van der Waals surface area contributed by atoms with E-state index in [2.05, 4.69) is 20.8 Å². The number of anilines is 1. The van der Waals surface area contributed by atoms with Crippen molar-refractivity contribution in [1.82, 2.24) is 15.5 Å². The van der Waals surface area contributed by atoms with E-state index in [1.54, 1.807) is 24.5 Å². The smallest absolute Gasteiger partial charge is 0.319 e. The maximum Gasteiger partial charge on any atom is 0.319 e. The molecule has 0 aliphatic carbocycles. The van der Waals surface area contributed by atoms with E-state index in [9.17, 15) is 9.18 Å². The molecular weight excluding hydrogens is 235 g/mol. The predicted octanol–water partition coefficient (Wildman–Crippen LogP) is 2.43. The van der Waals surface area contributed by atoms with Crippen LogP contribution in [0.5, 0.6) is 0 Å². The van der Waals surface area contributed by atoms with E-state index in [1.807, 2.05) is 6.92 Å². The fraction of sp³-hybridized carbons (Fsp3) is 0.167. The molecule has 1 aromatic carbocycles. The van der Waals surface area contributed by atoms with Gasteiger partial charge >= 0.3 is 6.03 Å². The highest BCUT2D eigenvalue weighted by atomic mass is 19.1. The zero-order chi connectivity index (χ0) is 13.0. The molecule has 2 rings (SSSR count). The SMILES string of the molecule is CC(NC(=O)Nc1ccccc1F)c1cn[nH]c1. The minimum absolute atomic E-state index is 0.148. The highest BCUT2D eigenvalue weighted by molar-refractivity contribution is 5.89. The molecule has 18 heavy (non-hydrogen) atoms. The quantitative estimate of drug-likeness (QED) is 0.780. The number of amides is 2. The first kappa shape index (κ1) is 12.1. The Balaban J connectivity index is 1.95. The second-order valence-electron chi connectivity index (χ2n) is 3.83. The first-order valence-corrected chi connectivity index (χ1v) is 5.47. The van der Waals surface area contributed by atoms with Gasteiger partial charge < -0.3 is 10.6 Å². The Morgan fingerprint density at radius 1 is 1.44 bits per heavy atom. The van der Waals surface area contributed by atoms with Gasteiger partial charge in [-0.2, -0.15) is 5.10 Å². The highest BCUT2D eigenvalue weighted by Crippen LogP contribution is 2.13. The van der Waals surface area contributed by atoms with Crippen molar-refractivity contribution >= 4 is 11.7 Å². The lowest BCUT2D eigenvalue weighted by molar-refractivity contribution is 0.249. The van der Waals surface area contributed by atoms with Gasteiger partial charge in [-0.05, 0) is 19.1 Å². The van der Waals surface area contributed by atoms with Gasteiger partial charge in [-0.1, -0.05) is 12.1 Å². The van der Waals surface area contributed by atoms with Gasteiger partial charge in [-0.25, -0.2) is 9.18 Å². The Kier molecular flexibility index (Phi) is 3.57. The van der Waals surface area contributed by atoms with Crippen LogP contribution in [0.4, 0.5) is 14.9 Å². The van der Waals surface area contributed by atoms with Crippen molar-refractivity contribution in [2.45, 2.75) is 13.0 Å². The van der Waals surface area contributed by atoms with Crippen molar-refractivity contribution in [2.24, 2.45) is 0 Å². The molecule has 0 saturated carbocycles. The summed E-state index contributed by atoms with van der Waals surface area (Å²) in [6.45, 7) is 1.81. The lowest BCUT2D eigenvalue weighted by atomic mass is 10.2. The average Bonchev–Trinajstić information content (AvgIpc) is 2.85. The lowest BCUT2D eigenvalue weighted by Gasteiger charge is -2.13. The monoisotopic (exact) mass is 248 g/mol. The molecule has 6 heteroatoms. The molecule has 0 aliphatic heterocycles. The Bertz CT molecular complexity index is 527.